The average molecular weight is 214 g/mol. The highest BCUT2D eigenvalue weighted by atomic mass is 28.2. The molecule has 3 heteroatoms. The van der Waals surface area contributed by atoms with Gasteiger partial charge in [-0.1, -0.05) is 19.1 Å². The van der Waals surface area contributed by atoms with Crippen molar-refractivity contribution in [2.24, 2.45) is 0 Å². The predicted octanol–water partition coefficient (Wildman–Crippen LogP) is 1.95. The molecule has 0 saturated heterocycles. The first-order valence-corrected chi connectivity index (χ1v) is 5.86. The van der Waals surface area contributed by atoms with Gasteiger partial charge < -0.3 is 9.16 Å². The van der Waals surface area contributed by atoms with Crippen LogP contribution in [0, 0.1) is 0 Å². The molecule has 14 heavy (non-hydrogen) atoms. The molecule has 0 aliphatic carbocycles. The summed E-state index contributed by atoms with van der Waals surface area (Å²) in [4.78, 5) is 0. The van der Waals surface area contributed by atoms with Gasteiger partial charge in [-0.15, -0.1) is 13.2 Å². The lowest BCUT2D eigenvalue weighted by Gasteiger charge is -2.31. The van der Waals surface area contributed by atoms with Crippen LogP contribution in [0.1, 0.15) is 33.1 Å². The fourth-order valence-electron chi connectivity index (χ4n) is 1.41. The summed E-state index contributed by atoms with van der Waals surface area (Å²) in [6.07, 6.45) is 6.20. The van der Waals surface area contributed by atoms with Crippen molar-refractivity contribution in [3.05, 3.63) is 25.3 Å². The highest BCUT2D eigenvalue weighted by Gasteiger charge is 2.25. The molecule has 82 valence electrons. The third-order valence-electron chi connectivity index (χ3n) is 2.16. The number of rotatable bonds is 8. The van der Waals surface area contributed by atoms with Crippen LogP contribution in [0.4, 0.5) is 0 Å². The summed E-state index contributed by atoms with van der Waals surface area (Å²) in [6, 6.07) is 0. The van der Waals surface area contributed by atoms with Crippen LogP contribution in [0.3, 0.4) is 0 Å². The molecule has 0 aliphatic rings. The zero-order chi connectivity index (χ0) is 11.0. The van der Waals surface area contributed by atoms with Gasteiger partial charge in [0.25, 0.3) is 0 Å². The lowest BCUT2D eigenvalue weighted by Crippen LogP contribution is -2.33. The van der Waals surface area contributed by atoms with Gasteiger partial charge >= 0.3 is 0 Å². The van der Waals surface area contributed by atoms with E-state index in [0.29, 0.717) is 10.5 Å². The van der Waals surface area contributed by atoms with Gasteiger partial charge in [-0.2, -0.15) is 0 Å². The molecular weight excluding hydrogens is 192 g/mol. The van der Waals surface area contributed by atoms with Crippen molar-refractivity contribution in [2.45, 2.75) is 45.0 Å². The van der Waals surface area contributed by atoms with Crippen molar-refractivity contribution in [3.63, 3.8) is 0 Å². The molecule has 0 spiro atoms. The molecular formula is C11H22O2Si. The second-order valence-corrected chi connectivity index (χ2v) is 4.10. The van der Waals surface area contributed by atoms with Gasteiger partial charge in [-0.25, -0.2) is 0 Å². The first kappa shape index (κ1) is 13.6. The minimum absolute atomic E-state index is 0.0773. The monoisotopic (exact) mass is 214 g/mol. The summed E-state index contributed by atoms with van der Waals surface area (Å²) in [6.45, 7) is 11.6. The maximum absolute atomic E-state index is 5.89. The summed E-state index contributed by atoms with van der Waals surface area (Å²) in [5, 5.41) is 0. The summed E-state index contributed by atoms with van der Waals surface area (Å²) in [7, 11) is 0.707. The molecule has 0 heterocycles. The van der Waals surface area contributed by atoms with Crippen LogP contribution in [0.25, 0.3) is 0 Å². The summed E-state index contributed by atoms with van der Waals surface area (Å²) in [5.41, 5.74) is -0.214. The van der Waals surface area contributed by atoms with Crippen LogP contribution in [0.15, 0.2) is 25.3 Å². The molecule has 0 aromatic rings. The van der Waals surface area contributed by atoms with E-state index >= 15 is 0 Å². The Morgan fingerprint density at radius 2 is 1.86 bits per heavy atom. The van der Waals surface area contributed by atoms with Crippen molar-refractivity contribution in [3.8, 4) is 0 Å². The van der Waals surface area contributed by atoms with Crippen LogP contribution >= 0.6 is 0 Å². The van der Waals surface area contributed by atoms with Crippen molar-refractivity contribution < 1.29 is 9.16 Å². The Balaban J connectivity index is 4.31. The third kappa shape index (κ3) is 4.74. The second kappa shape index (κ2) is 6.98. The van der Waals surface area contributed by atoms with Crippen LogP contribution in [-0.4, -0.2) is 22.4 Å². The van der Waals surface area contributed by atoms with E-state index in [4.69, 9.17) is 9.16 Å². The van der Waals surface area contributed by atoms with Crippen molar-refractivity contribution in [1.29, 1.82) is 0 Å². The van der Waals surface area contributed by atoms with Crippen LogP contribution in [0.5, 0.6) is 0 Å². The van der Waals surface area contributed by atoms with E-state index in [-0.39, 0.29) is 11.9 Å². The molecule has 2 nitrogen and oxygen atoms in total. The molecule has 0 fully saturated rings. The van der Waals surface area contributed by atoms with Crippen molar-refractivity contribution >= 4 is 10.5 Å². The molecule has 0 amide bonds. The summed E-state index contributed by atoms with van der Waals surface area (Å²) in [5.74, 6) is 0. The quantitative estimate of drug-likeness (QED) is 0.349. The first-order chi connectivity index (χ1) is 6.61. The van der Waals surface area contributed by atoms with Crippen LogP contribution in [-0.2, 0) is 9.16 Å². The fourth-order valence-corrected chi connectivity index (χ4v) is 1.84. The molecule has 0 aromatic carbocycles. The van der Waals surface area contributed by atoms with E-state index in [1.807, 2.05) is 12.2 Å². The van der Waals surface area contributed by atoms with E-state index in [1.54, 1.807) is 0 Å². The first-order valence-electron chi connectivity index (χ1n) is 5.04. The summed E-state index contributed by atoms with van der Waals surface area (Å²) < 4.78 is 11.2. The molecule has 0 bridgehead atoms. The van der Waals surface area contributed by atoms with E-state index in [1.165, 1.54) is 0 Å². The van der Waals surface area contributed by atoms with E-state index in [2.05, 4.69) is 27.0 Å². The molecule has 0 rings (SSSR count). The van der Waals surface area contributed by atoms with Gasteiger partial charge in [-0.3, -0.25) is 0 Å². The molecule has 0 N–H and O–H groups in total. The van der Waals surface area contributed by atoms with E-state index in [0.717, 1.165) is 19.3 Å². The molecule has 0 aromatic heterocycles. The normalized spacial score (nSPS) is 13.9. The van der Waals surface area contributed by atoms with Crippen molar-refractivity contribution in [1.82, 2.24) is 0 Å². The fraction of sp³-hybridized carbons (Fsp3) is 0.636. The topological polar surface area (TPSA) is 18.5 Å². The smallest absolute Gasteiger partial charge is 0.149 e. The highest BCUT2D eigenvalue weighted by molar-refractivity contribution is 5.98. The molecule has 0 radical (unpaired) electrons. The lowest BCUT2D eigenvalue weighted by molar-refractivity contribution is -0.162. The van der Waals surface area contributed by atoms with Gasteiger partial charge in [0, 0.05) is 0 Å². The van der Waals surface area contributed by atoms with Crippen molar-refractivity contribution in [2.75, 3.05) is 0 Å². The minimum atomic E-state index is -0.214. The molecule has 1 unspecified atom stereocenters. The Hall–Kier alpha value is -0.383. The predicted molar refractivity (Wildman–Crippen MR) is 64.2 cm³/mol. The maximum atomic E-state index is 5.89. The number of hydrogen-bond donors (Lipinski definition) is 0. The molecule has 0 aliphatic heterocycles. The second-order valence-electron chi connectivity index (χ2n) is 3.63. The number of hydrogen-bond acceptors (Lipinski definition) is 2. The van der Waals surface area contributed by atoms with Gasteiger partial charge in [0.05, 0.1) is 5.60 Å². The SMILES string of the molecule is C=CCC(C)(CC=C)OC(CC)O[SiH3]. The third-order valence-corrected chi connectivity index (χ3v) is 2.69. The van der Waals surface area contributed by atoms with Gasteiger partial charge in [0.2, 0.25) is 0 Å². The Morgan fingerprint density at radius 1 is 1.36 bits per heavy atom. The van der Waals surface area contributed by atoms with Gasteiger partial charge in [0.15, 0.2) is 0 Å². The standard InChI is InChI=1S/C11H22O2Si/c1-5-8-11(4,9-6-2)12-10(7-3)13-14/h5-6,10H,1-2,7-9H2,3-4,14H3. The van der Waals surface area contributed by atoms with Crippen LogP contribution < -0.4 is 0 Å². The Morgan fingerprint density at radius 3 is 2.14 bits per heavy atom. The van der Waals surface area contributed by atoms with E-state index < -0.39 is 0 Å². The van der Waals surface area contributed by atoms with Gasteiger partial charge in [0.1, 0.15) is 16.8 Å². The summed E-state index contributed by atoms with van der Waals surface area (Å²) >= 11 is 0. The minimum Gasteiger partial charge on any atom is -0.404 e. The Labute approximate surface area is 90.5 Å². The lowest BCUT2D eigenvalue weighted by atomic mass is 9.98. The zero-order valence-corrected chi connectivity index (χ0v) is 11.6. The zero-order valence-electron chi connectivity index (χ0n) is 9.58. The molecule has 0 saturated carbocycles. The highest BCUT2D eigenvalue weighted by Crippen LogP contribution is 2.24. The molecule has 1 atom stereocenters. The average Bonchev–Trinajstić information content (AvgIpc) is 2.15. The maximum Gasteiger partial charge on any atom is 0.149 e. The van der Waals surface area contributed by atoms with E-state index in [9.17, 15) is 0 Å². The van der Waals surface area contributed by atoms with Crippen LogP contribution in [0.2, 0.25) is 0 Å². The Kier molecular flexibility index (Phi) is 6.79. The number of ether oxygens (including phenoxy) is 1. The Bertz CT molecular complexity index is 166. The largest absolute Gasteiger partial charge is 0.404 e. The van der Waals surface area contributed by atoms with Gasteiger partial charge in [-0.05, 0) is 26.2 Å².